The minimum absolute atomic E-state index is 0.121. The third kappa shape index (κ3) is 8.93. The predicted octanol–water partition coefficient (Wildman–Crippen LogP) is 7.96. The van der Waals surface area contributed by atoms with Crippen molar-refractivity contribution in [3.8, 4) is 0 Å². The molecule has 0 saturated heterocycles. The van der Waals surface area contributed by atoms with Crippen molar-refractivity contribution in [3.63, 3.8) is 0 Å². The molecule has 3 nitrogen and oxygen atoms in total. The van der Waals surface area contributed by atoms with Crippen LogP contribution >= 0.6 is 0 Å². The quantitative estimate of drug-likeness (QED) is 0.448. The summed E-state index contributed by atoms with van der Waals surface area (Å²) in [6.07, 6.45) is 7.24. The van der Waals surface area contributed by atoms with E-state index in [9.17, 15) is 18.7 Å². The van der Waals surface area contributed by atoms with Gasteiger partial charge < -0.3 is 5.11 Å². The van der Waals surface area contributed by atoms with Crippen LogP contribution in [-0.4, -0.2) is 11.2 Å². The van der Waals surface area contributed by atoms with E-state index in [2.05, 4.69) is 20.8 Å². The fourth-order valence-electron chi connectivity index (χ4n) is 3.54. The molecule has 0 fully saturated rings. The van der Waals surface area contributed by atoms with Crippen molar-refractivity contribution in [2.75, 3.05) is 4.90 Å². The van der Waals surface area contributed by atoms with E-state index in [-0.39, 0.29) is 12.1 Å². The summed E-state index contributed by atoms with van der Waals surface area (Å²) in [5, 5.41) is 9.25. The monoisotopic (exact) mass is 419 g/mol. The highest BCUT2D eigenvalue weighted by molar-refractivity contribution is 5.86. The number of rotatable bonds is 9. The Balaban J connectivity index is 0.000000382. The van der Waals surface area contributed by atoms with E-state index in [0.717, 1.165) is 28.5 Å². The van der Waals surface area contributed by atoms with Gasteiger partial charge in [0, 0.05) is 17.3 Å². The van der Waals surface area contributed by atoms with Crippen molar-refractivity contribution in [2.24, 2.45) is 5.92 Å². The van der Waals surface area contributed by atoms with Crippen LogP contribution < -0.4 is 4.90 Å². The zero-order valence-corrected chi connectivity index (χ0v) is 18.6. The summed E-state index contributed by atoms with van der Waals surface area (Å²) in [5.74, 6) is -0.424. The fraction of sp³-hybridized carbons (Fsp3) is 0.480. The second-order valence-corrected chi connectivity index (χ2v) is 7.68. The Morgan fingerprint density at radius 3 is 2.03 bits per heavy atom. The fourth-order valence-corrected chi connectivity index (χ4v) is 3.54. The highest BCUT2D eigenvalue weighted by Gasteiger charge is 2.17. The van der Waals surface area contributed by atoms with Gasteiger partial charge in [-0.1, -0.05) is 77.5 Å². The van der Waals surface area contributed by atoms with Crippen LogP contribution in [0.25, 0.3) is 0 Å². The maximum Gasteiger partial charge on any atom is 0.412 e. The minimum atomic E-state index is -1.20. The molecule has 166 valence electrons. The van der Waals surface area contributed by atoms with Crippen LogP contribution in [0.4, 0.5) is 19.3 Å². The Hall–Kier alpha value is -2.43. The minimum Gasteiger partial charge on any atom is -0.465 e. The summed E-state index contributed by atoms with van der Waals surface area (Å²) in [7, 11) is 0. The van der Waals surface area contributed by atoms with Gasteiger partial charge in [-0.25, -0.2) is 13.6 Å². The molecule has 30 heavy (non-hydrogen) atoms. The summed E-state index contributed by atoms with van der Waals surface area (Å²) in [4.78, 5) is 12.3. The average molecular weight is 420 g/mol. The number of amides is 1. The zero-order chi connectivity index (χ0) is 22.5. The molecule has 0 atom stereocenters. The first kappa shape index (κ1) is 25.6. The average Bonchev–Trinajstić information content (AvgIpc) is 2.68. The Kier molecular flexibility index (Phi) is 11.7. The molecule has 0 aliphatic heterocycles. The number of halogens is 2. The Labute approximate surface area is 179 Å². The first-order valence-corrected chi connectivity index (χ1v) is 10.8. The summed E-state index contributed by atoms with van der Waals surface area (Å²) in [5.41, 5.74) is 1.46. The maximum atomic E-state index is 13.6. The largest absolute Gasteiger partial charge is 0.465 e. The summed E-state index contributed by atoms with van der Waals surface area (Å²) in [6, 6.07) is 9.97. The van der Waals surface area contributed by atoms with E-state index >= 15 is 0 Å². The van der Waals surface area contributed by atoms with Gasteiger partial charge in [-0.2, -0.15) is 0 Å². The zero-order valence-electron chi connectivity index (χ0n) is 18.6. The number of hydrogen-bond acceptors (Lipinski definition) is 1. The molecule has 0 unspecified atom stereocenters. The SMILES string of the molecule is CCCC(CCC)CCC.Cc1cccc(N(Cc2ccc(F)cc2F)C(=O)O)c1. The van der Waals surface area contributed by atoms with Crippen LogP contribution in [0.1, 0.15) is 70.4 Å². The molecular formula is C25H35F2NO2. The van der Waals surface area contributed by atoms with Crippen molar-refractivity contribution < 1.29 is 18.7 Å². The maximum absolute atomic E-state index is 13.6. The van der Waals surface area contributed by atoms with Gasteiger partial charge in [0.1, 0.15) is 11.6 Å². The smallest absolute Gasteiger partial charge is 0.412 e. The van der Waals surface area contributed by atoms with Gasteiger partial charge in [0.15, 0.2) is 0 Å². The molecule has 2 aromatic rings. The number of aryl methyl sites for hydroxylation is 1. The number of hydrogen-bond donors (Lipinski definition) is 1. The number of carbonyl (C=O) groups is 1. The number of nitrogens with zero attached hydrogens (tertiary/aromatic N) is 1. The molecule has 0 aromatic heterocycles. The van der Waals surface area contributed by atoms with Gasteiger partial charge in [0.05, 0.1) is 6.54 Å². The first-order valence-electron chi connectivity index (χ1n) is 10.8. The normalized spacial score (nSPS) is 10.5. The van der Waals surface area contributed by atoms with Crippen molar-refractivity contribution >= 4 is 11.8 Å². The molecule has 2 rings (SSSR count). The van der Waals surface area contributed by atoms with Crippen LogP contribution in [0, 0.1) is 24.5 Å². The molecule has 0 spiro atoms. The second kappa shape index (κ2) is 13.7. The van der Waals surface area contributed by atoms with E-state index in [1.165, 1.54) is 44.6 Å². The molecule has 0 bridgehead atoms. The third-order valence-corrected chi connectivity index (χ3v) is 4.98. The van der Waals surface area contributed by atoms with Gasteiger partial charge in [-0.3, -0.25) is 4.90 Å². The van der Waals surface area contributed by atoms with Crippen LogP contribution in [0.3, 0.4) is 0 Å². The van der Waals surface area contributed by atoms with Crippen molar-refractivity contribution in [3.05, 3.63) is 65.2 Å². The van der Waals surface area contributed by atoms with E-state index in [0.29, 0.717) is 5.69 Å². The van der Waals surface area contributed by atoms with Gasteiger partial charge in [0.2, 0.25) is 0 Å². The molecule has 1 amide bonds. The first-order chi connectivity index (χ1) is 14.3. The highest BCUT2D eigenvalue weighted by atomic mass is 19.1. The summed E-state index contributed by atoms with van der Waals surface area (Å²) >= 11 is 0. The summed E-state index contributed by atoms with van der Waals surface area (Å²) in [6.45, 7) is 8.53. The Morgan fingerprint density at radius 2 is 1.57 bits per heavy atom. The lowest BCUT2D eigenvalue weighted by molar-refractivity contribution is 0.201. The third-order valence-electron chi connectivity index (χ3n) is 4.98. The molecule has 0 aliphatic carbocycles. The van der Waals surface area contributed by atoms with Crippen LogP contribution in [-0.2, 0) is 6.54 Å². The van der Waals surface area contributed by atoms with Gasteiger partial charge in [-0.15, -0.1) is 0 Å². The lowest BCUT2D eigenvalue weighted by Crippen LogP contribution is -2.29. The molecule has 0 saturated carbocycles. The molecule has 0 aliphatic rings. The van der Waals surface area contributed by atoms with Crippen molar-refractivity contribution in [2.45, 2.75) is 72.8 Å². The Morgan fingerprint density at radius 1 is 0.967 bits per heavy atom. The summed E-state index contributed by atoms with van der Waals surface area (Å²) < 4.78 is 26.5. The van der Waals surface area contributed by atoms with Crippen molar-refractivity contribution in [1.82, 2.24) is 0 Å². The van der Waals surface area contributed by atoms with Gasteiger partial charge in [-0.05, 0) is 36.6 Å². The number of anilines is 1. The Bertz CT molecular complexity index is 765. The highest BCUT2D eigenvalue weighted by Crippen LogP contribution is 2.21. The number of benzene rings is 2. The molecule has 1 N–H and O–H groups in total. The lowest BCUT2D eigenvalue weighted by atomic mass is 9.94. The van der Waals surface area contributed by atoms with Crippen LogP contribution in [0.15, 0.2) is 42.5 Å². The van der Waals surface area contributed by atoms with Crippen LogP contribution in [0.2, 0.25) is 0 Å². The van der Waals surface area contributed by atoms with E-state index in [1.54, 1.807) is 18.2 Å². The van der Waals surface area contributed by atoms with Gasteiger partial charge >= 0.3 is 6.09 Å². The molecule has 0 heterocycles. The van der Waals surface area contributed by atoms with E-state index in [1.807, 2.05) is 13.0 Å². The predicted molar refractivity (Wildman–Crippen MR) is 120 cm³/mol. The molecule has 2 aromatic carbocycles. The topological polar surface area (TPSA) is 40.5 Å². The van der Waals surface area contributed by atoms with E-state index < -0.39 is 17.7 Å². The number of carboxylic acid groups (broad SMARTS) is 1. The second-order valence-electron chi connectivity index (χ2n) is 7.68. The lowest BCUT2D eigenvalue weighted by Gasteiger charge is -2.20. The molecule has 5 heteroatoms. The molecular weight excluding hydrogens is 384 g/mol. The van der Waals surface area contributed by atoms with Gasteiger partial charge in [0.25, 0.3) is 0 Å². The molecule has 0 radical (unpaired) electrons. The van der Waals surface area contributed by atoms with E-state index in [4.69, 9.17) is 0 Å². The standard InChI is InChI=1S/C15H13F2NO2.C10H22/c1-10-3-2-4-13(7-10)18(15(19)20)9-11-5-6-12(16)8-14(11)17;1-4-7-10(8-5-2)9-6-3/h2-8H,9H2,1H3,(H,19,20);10H,4-9H2,1-3H3. The van der Waals surface area contributed by atoms with Crippen molar-refractivity contribution in [1.29, 1.82) is 0 Å². The van der Waals surface area contributed by atoms with Crippen LogP contribution in [0.5, 0.6) is 0 Å².